The number of nitriles is 1. The fourth-order valence-electron chi connectivity index (χ4n) is 1.59. The Hall–Kier alpha value is -2.10. The zero-order valence-electron chi connectivity index (χ0n) is 11.1. The monoisotopic (exact) mass is 264 g/mol. The predicted molar refractivity (Wildman–Crippen MR) is 68.6 cm³/mol. The third-order valence-electron chi connectivity index (χ3n) is 2.45. The SMILES string of the molecule is COc1ccc(NC(=O)CC#N)c(C(OC)OC)c1. The molecule has 0 saturated carbocycles. The summed E-state index contributed by atoms with van der Waals surface area (Å²) >= 11 is 0. The Labute approximate surface area is 111 Å². The molecule has 0 aliphatic rings. The molecule has 1 N–H and O–H groups in total. The zero-order chi connectivity index (χ0) is 14.3. The van der Waals surface area contributed by atoms with Crippen molar-refractivity contribution in [2.75, 3.05) is 26.6 Å². The molecule has 1 rings (SSSR count). The van der Waals surface area contributed by atoms with Crippen molar-refractivity contribution in [3.63, 3.8) is 0 Å². The Morgan fingerprint density at radius 3 is 2.58 bits per heavy atom. The van der Waals surface area contributed by atoms with Gasteiger partial charge in [-0.3, -0.25) is 4.79 Å². The van der Waals surface area contributed by atoms with E-state index in [2.05, 4.69) is 5.32 Å². The first-order valence-corrected chi connectivity index (χ1v) is 5.56. The van der Waals surface area contributed by atoms with Crippen molar-refractivity contribution in [3.05, 3.63) is 23.8 Å². The van der Waals surface area contributed by atoms with E-state index < -0.39 is 6.29 Å². The molecule has 0 bridgehead atoms. The molecule has 0 unspecified atom stereocenters. The van der Waals surface area contributed by atoms with Crippen molar-refractivity contribution in [2.24, 2.45) is 0 Å². The summed E-state index contributed by atoms with van der Waals surface area (Å²) in [7, 11) is 4.53. The van der Waals surface area contributed by atoms with E-state index in [1.54, 1.807) is 31.4 Å². The number of nitrogens with zero attached hydrogens (tertiary/aromatic N) is 1. The number of carbonyl (C=O) groups is 1. The van der Waals surface area contributed by atoms with E-state index in [1.165, 1.54) is 14.2 Å². The second kappa shape index (κ2) is 7.36. The third kappa shape index (κ3) is 3.95. The number of hydrogen-bond acceptors (Lipinski definition) is 5. The highest BCUT2D eigenvalue weighted by Crippen LogP contribution is 2.29. The maximum Gasteiger partial charge on any atom is 0.238 e. The summed E-state index contributed by atoms with van der Waals surface area (Å²) in [6.07, 6.45) is -0.844. The summed E-state index contributed by atoms with van der Waals surface area (Å²) < 4.78 is 15.5. The third-order valence-corrected chi connectivity index (χ3v) is 2.45. The fourth-order valence-corrected chi connectivity index (χ4v) is 1.59. The molecule has 0 spiro atoms. The number of anilines is 1. The first-order valence-electron chi connectivity index (χ1n) is 5.56. The van der Waals surface area contributed by atoms with Crippen molar-refractivity contribution in [1.29, 1.82) is 5.26 Å². The molecule has 0 radical (unpaired) electrons. The van der Waals surface area contributed by atoms with Crippen LogP contribution < -0.4 is 10.1 Å². The largest absolute Gasteiger partial charge is 0.497 e. The number of carbonyl (C=O) groups excluding carboxylic acids is 1. The highest BCUT2D eigenvalue weighted by atomic mass is 16.7. The molecule has 0 aliphatic heterocycles. The second-order valence-electron chi connectivity index (χ2n) is 3.64. The topological polar surface area (TPSA) is 80.6 Å². The summed E-state index contributed by atoms with van der Waals surface area (Å²) in [5, 5.41) is 11.1. The molecule has 0 aliphatic carbocycles. The van der Waals surface area contributed by atoms with E-state index in [4.69, 9.17) is 19.5 Å². The number of rotatable bonds is 6. The Bertz CT molecular complexity index is 478. The van der Waals surface area contributed by atoms with Crippen LogP contribution in [0.5, 0.6) is 5.75 Å². The number of amides is 1. The second-order valence-corrected chi connectivity index (χ2v) is 3.64. The molecular weight excluding hydrogens is 248 g/mol. The van der Waals surface area contributed by atoms with Gasteiger partial charge in [0, 0.05) is 25.5 Å². The first-order chi connectivity index (χ1) is 9.15. The molecule has 0 heterocycles. The van der Waals surface area contributed by atoms with Crippen LogP contribution in [0.2, 0.25) is 0 Å². The molecule has 0 fully saturated rings. The zero-order valence-corrected chi connectivity index (χ0v) is 11.1. The fraction of sp³-hybridized carbons (Fsp3) is 0.385. The van der Waals surface area contributed by atoms with Crippen molar-refractivity contribution in [3.8, 4) is 11.8 Å². The quantitative estimate of drug-likeness (QED) is 0.793. The summed E-state index contributed by atoms with van der Waals surface area (Å²) in [6, 6.07) is 6.87. The molecule has 102 valence electrons. The smallest absolute Gasteiger partial charge is 0.238 e. The van der Waals surface area contributed by atoms with Crippen LogP contribution in [-0.4, -0.2) is 27.2 Å². The minimum absolute atomic E-state index is 0.212. The van der Waals surface area contributed by atoms with Crippen molar-refractivity contribution < 1.29 is 19.0 Å². The van der Waals surface area contributed by atoms with Crippen LogP contribution in [0.15, 0.2) is 18.2 Å². The van der Waals surface area contributed by atoms with Gasteiger partial charge in [-0.2, -0.15) is 5.26 Å². The van der Waals surface area contributed by atoms with Crippen molar-refractivity contribution >= 4 is 11.6 Å². The van der Waals surface area contributed by atoms with Crippen molar-refractivity contribution in [1.82, 2.24) is 0 Å². The molecule has 6 heteroatoms. The average Bonchev–Trinajstić information content (AvgIpc) is 2.42. The van der Waals surface area contributed by atoms with E-state index in [-0.39, 0.29) is 12.3 Å². The molecule has 0 saturated heterocycles. The van der Waals surface area contributed by atoms with Crippen LogP contribution in [0, 0.1) is 11.3 Å². The summed E-state index contributed by atoms with van der Waals surface area (Å²) in [4.78, 5) is 11.5. The van der Waals surface area contributed by atoms with Gasteiger partial charge in [0.25, 0.3) is 0 Å². The lowest BCUT2D eigenvalue weighted by Crippen LogP contribution is -2.14. The van der Waals surface area contributed by atoms with E-state index in [0.29, 0.717) is 17.0 Å². The number of methoxy groups -OCH3 is 3. The number of hydrogen-bond donors (Lipinski definition) is 1. The maximum atomic E-state index is 11.5. The predicted octanol–water partition coefficient (Wildman–Crippen LogP) is 1.84. The molecule has 1 aromatic carbocycles. The van der Waals surface area contributed by atoms with E-state index in [1.807, 2.05) is 0 Å². The van der Waals surface area contributed by atoms with Gasteiger partial charge in [-0.25, -0.2) is 0 Å². The lowest BCUT2D eigenvalue weighted by molar-refractivity contribution is -0.115. The highest BCUT2D eigenvalue weighted by Gasteiger charge is 2.16. The summed E-state index contributed by atoms with van der Waals surface area (Å²) in [5.41, 5.74) is 1.14. The molecule has 1 aromatic rings. The Morgan fingerprint density at radius 1 is 1.37 bits per heavy atom. The van der Waals surface area contributed by atoms with Crippen LogP contribution in [-0.2, 0) is 14.3 Å². The van der Waals surface area contributed by atoms with Gasteiger partial charge in [-0.05, 0) is 18.2 Å². The standard InChI is InChI=1S/C13H16N2O4/c1-17-9-4-5-11(15-12(16)6-7-14)10(8-9)13(18-2)19-3/h4-5,8,13H,6H2,1-3H3,(H,15,16). The van der Waals surface area contributed by atoms with Gasteiger partial charge in [0.05, 0.1) is 13.2 Å². The van der Waals surface area contributed by atoms with Gasteiger partial charge >= 0.3 is 0 Å². The van der Waals surface area contributed by atoms with Gasteiger partial charge in [0.15, 0.2) is 6.29 Å². The Morgan fingerprint density at radius 2 is 2.05 bits per heavy atom. The van der Waals surface area contributed by atoms with Gasteiger partial charge < -0.3 is 19.5 Å². The highest BCUT2D eigenvalue weighted by molar-refractivity contribution is 5.92. The first kappa shape index (κ1) is 15.0. The lowest BCUT2D eigenvalue weighted by atomic mass is 10.1. The molecule has 0 aromatic heterocycles. The van der Waals surface area contributed by atoms with Gasteiger partial charge in [0.2, 0.25) is 5.91 Å². The molecule has 6 nitrogen and oxygen atoms in total. The van der Waals surface area contributed by atoms with Crippen LogP contribution >= 0.6 is 0 Å². The number of benzene rings is 1. The van der Waals surface area contributed by atoms with Gasteiger partial charge in [0.1, 0.15) is 12.2 Å². The van der Waals surface area contributed by atoms with Gasteiger partial charge in [-0.1, -0.05) is 0 Å². The number of nitrogens with one attached hydrogen (secondary N) is 1. The Balaban J connectivity index is 3.08. The normalized spacial score (nSPS) is 10.1. The Kier molecular flexibility index (Phi) is 5.79. The molecular formula is C13H16N2O4. The van der Waals surface area contributed by atoms with Gasteiger partial charge in [-0.15, -0.1) is 0 Å². The summed E-state index contributed by atoms with van der Waals surface area (Å²) in [6.45, 7) is 0. The minimum atomic E-state index is -0.632. The lowest BCUT2D eigenvalue weighted by Gasteiger charge is -2.18. The maximum absolute atomic E-state index is 11.5. The average molecular weight is 264 g/mol. The number of ether oxygens (including phenoxy) is 3. The molecule has 19 heavy (non-hydrogen) atoms. The minimum Gasteiger partial charge on any atom is -0.497 e. The van der Waals surface area contributed by atoms with E-state index in [9.17, 15) is 4.79 Å². The van der Waals surface area contributed by atoms with Crippen LogP contribution in [0.25, 0.3) is 0 Å². The molecule has 1 amide bonds. The van der Waals surface area contributed by atoms with E-state index >= 15 is 0 Å². The van der Waals surface area contributed by atoms with Crippen LogP contribution in [0.3, 0.4) is 0 Å². The van der Waals surface area contributed by atoms with E-state index in [0.717, 1.165) is 0 Å². The van der Waals surface area contributed by atoms with Crippen LogP contribution in [0.4, 0.5) is 5.69 Å². The van der Waals surface area contributed by atoms with Crippen LogP contribution in [0.1, 0.15) is 18.3 Å². The summed E-state index contributed by atoms with van der Waals surface area (Å²) in [5.74, 6) is 0.229. The van der Waals surface area contributed by atoms with Crippen molar-refractivity contribution in [2.45, 2.75) is 12.7 Å². The molecule has 0 atom stereocenters.